The minimum atomic E-state index is -0.219. The molecule has 1 N–H and O–H groups in total. The number of nitrogens with one attached hydrogen (secondary N) is 1. The molecule has 2 aliphatic heterocycles. The highest BCUT2D eigenvalue weighted by Crippen LogP contribution is 2.39. The number of morpholine rings is 1. The molecule has 17 heavy (non-hydrogen) atoms. The van der Waals surface area contributed by atoms with Crippen molar-refractivity contribution in [1.82, 2.24) is 0 Å². The zero-order valence-electron chi connectivity index (χ0n) is 9.60. The zero-order chi connectivity index (χ0) is 11.8. The molecule has 1 unspecified atom stereocenters. The highest BCUT2D eigenvalue weighted by atomic mass is 16.5. The first kappa shape index (κ1) is 10.4. The number of carbonyl (C=O) groups is 1. The monoisotopic (exact) mass is 234 g/mol. The summed E-state index contributed by atoms with van der Waals surface area (Å²) < 4.78 is 10.6. The minimum Gasteiger partial charge on any atom is -0.494 e. The van der Waals surface area contributed by atoms with Crippen LogP contribution in [0.25, 0.3) is 0 Å². The molecular weight excluding hydrogens is 220 g/mol. The number of benzene rings is 1. The van der Waals surface area contributed by atoms with Crippen LogP contribution >= 0.6 is 0 Å². The zero-order valence-corrected chi connectivity index (χ0v) is 9.60. The van der Waals surface area contributed by atoms with Crippen molar-refractivity contribution in [3.8, 4) is 5.75 Å². The van der Waals surface area contributed by atoms with Crippen LogP contribution < -0.4 is 15.0 Å². The van der Waals surface area contributed by atoms with Crippen molar-refractivity contribution in [2.24, 2.45) is 0 Å². The molecule has 0 radical (unpaired) electrons. The smallest absolute Gasteiger partial charge is 0.249 e. The molecule has 2 aliphatic rings. The van der Waals surface area contributed by atoms with Crippen molar-refractivity contribution < 1.29 is 14.3 Å². The summed E-state index contributed by atoms with van der Waals surface area (Å²) in [6, 6.07) is 5.56. The third-order valence-corrected chi connectivity index (χ3v) is 3.21. The summed E-state index contributed by atoms with van der Waals surface area (Å²) in [7, 11) is 1.60. The van der Waals surface area contributed by atoms with Gasteiger partial charge in [0.25, 0.3) is 0 Å². The van der Waals surface area contributed by atoms with E-state index in [0.717, 1.165) is 17.9 Å². The van der Waals surface area contributed by atoms with Crippen LogP contribution in [0.3, 0.4) is 0 Å². The van der Waals surface area contributed by atoms with Gasteiger partial charge in [0.15, 0.2) is 0 Å². The molecule has 1 aromatic rings. The molecule has 5 nitrogen and oxygen atoms in total. The lowest BCUT2D eigenvalue weighted by Gasteiger charge is -2.41. The highest BCUT2D eigenvalue weighted by Gasteiger charge is 2.36. The number of nitrogens with zero attached hydrogens (tertiary/aromatic N) is 1. The van der Waals surface area contributed by atoms with E-state index in [0.29, 0.717) is 19.0 Å². The molecule has 1 amide bonds. The number of ether oxygens (including phenoxy) is 2. The molecule has 0 aromatic heterocycles. The van der Waals surface area contributed by atoms with Crippen molar-refractivity contribution >= 4 is 17.3 Å². The first-order valence-electron chi connectivity index (χ1n) is 5.63. The Kier molecular flexibility index (Phi) is 2.40. The number of hydrogen-bond donors (Lipinski definition) is 1. The third-order valence-electron chi connectivity index (χ3n) is 3.21. The topological polar surface area (TPSA) is 50.8 Å². The van der Waals surface area contributed by atoms with Gasteiger partial charge in [0, 0.05) is 6.54 Å². The van der Waals surface area contributed by atoms with Crippen LogP contribution in [0, 0.1) is 0 Å². The van der Waals surface area contributed by atoms with E-state index in [2.05, 4.69) is 10.2 Å². The van der Waals surface area contributed by atoms with Gasteiger partial charge < -0.3 is 19.7 Å². The Morgan fingerprint density at radius 1 is 1.53 bits per heavy atom. The molecule has 3 rings (SSSR count). The first-order chi connectivity index (χ1) is 8.31. The Bertz CT molecular complexity index is 461. The Morgan fingerprint density at radius 3 is 3.24 bits per heavy atom. The lowest BCUT2D eigenvalue weighted by atomic mass is 10.1. The van der Waals surface area contributed by atoms with Gasteiger partial charge in [0.1, 0.15) is 17.5 Å². The summed E-state index contributed by atoms with van der Waals surface area (Å²) in [6.45, 7) is 1.83. The van der Waals surface area contributed by atoms with E-state index in [9.17, 15) is 4.79 Å². The number of rotatable bonds is 1. The van der Waals surface area contributed by atoms with Crippen LogP contribution in [-0.2, 0) is 9.53 Å². The SMILES string of the molecule is COc1cccc2c1NC(=O)C1COCCN21. The Labute approximate surface area is 99.3 Å². The lowest BCUT2D eigenvalue weighted by Crippen LogP contribution is -2.54. The van der Waals surface area contributed by atoms with Gasteiger partial charge in [-0.3, -0.25) is 4.79 Å². The van der Waals surface area contributed by atoms with Crippen molar-refractivity contribution in [2.45, 2.75) is 6.04 Å². The van der Waals surface area contributed by atoms with E-state index in [-0.39, 0.29) is 11.9 Å². The maximum absolute atomic E-state index is 12.0. The average molecular weight is 234 g/mol. The summed E-state index contributed by atoms with van der Waals surface area (Å²) in [5.41, 5.74) is 1.77. The van der Waals surface area contributed by atoms with Crippen molar-refractivity contribution in [2.75, 3.05) is 37.1 Å². The maximum Gasteiger partial charge on any atom is 0.249 e. The van der Waals surface area contributed by atoms with Crippen molar-refractivity contribution in [3.63, 3.8) is 0 Å². The van der Waals surface area contributed by atoms with Crippen LogP contribution in [-0.4, -0.2) is 38.8 Å². The molecule has 0 aliphatic carbocycles. The van der Waals surface area contributed by atoms with E-state index in [1.54, 1.807) is 7.11 Å². The largest absolute Gasteiger partial charge is 0.494 e. The maximum atomic E-state index is 12.0. The summed E-state index contributed by atoms with van der Waals surface area (Å²) in [5.74, 6) is 0.669. The van der Waals surface area contributed by atoms with Crippen LogP contribution in [0.4, 0.5) is 11.4 Å². The second kappa shape index (κ2) is 3.92. The number of hydrogen-bond acceptors (Lipinski definition) is 4. The lowest BCUT2D eigenvalue weighted by molar-refractivity contribution is -0.119. The molecular formula is C12H14N2O3. The summed E-state index contributed by atoms with van der Waals surface area (Å²) in [4.78, 5) is 14.1. The molecule has 5 heteroatoms. The Balaban J connectivity index is 2.08. The molecule has 0 bridgehead atoms. The number of anilines is 2. The van der Waals surface area contributed by atoms with Crippen LogP contribution in [0.1, 0.15) is 0 Å². The van der Waals surface area contributed by atoms with Crippen molar-refractivity contribution in [1.29, 1.82) is 0 Å². The van der Waals surface area contributed by atoms with Crippen molar-refractivity contribution in [3.05, 3.63) is 18.2 Å². The molecule has 90 valence electrons. The molecule has 2 heterocycles. The number of methoxy groups -OCH3 is 1. The normalized spacial score (nSPS) is 22.5. The first-order valence-corrected chi connectivity index (χ1v) is 5.63. The van der Waals surface area contributed by atoms with Crippen LogP contribution in [0.15, 0.2) is 18.2 Å². The van der Waals surface area contributed by atoms with E-state index in [4.69, 9.17) is 9.47 Å². The fraction of sp³-hybridized carbons (Fsp3) is 0.417. The van der Waals surface area contributed by atoms with E-state index >= 15 is 0 Å². The average Bonchev–Trinajstić information content (AvgIpc) is 2.39. The van der Waals surface area contributed by atoms with E-state index < -0.39 is 0 Å². The van der Waals surface area contributed by atoms with Gasteiger partial charge >= 0.3 is 0 Å². The molecule has 1 atom stereocenters. The molecule has 0 saturated carbocycles. The fourth-order valence-electron chi connectivity index (χ4n) is 2.37. The summed E-state index contributed by atoms with van der Waals surface area (Å²) in [6.07, 6.45) is 0. The quantitative estimate of drug-likeness (QED) is 0.782. The van der Waals surface area contributed by atoms with Gasteiger partial charge in [-0.05, 0) is 12.1 Å². The van der Waals surface area contributed by atoms with Gasteiger partial charge in [0.05, 0.1) is 26.0 Å². The van der Waals surface area contributed by atoms with E-state index in [1.807, 2.05) is 18.2 Å². The Morgan fingerprint density at radius 2 is 2.41 bits per heavy atom. The van der Waals surface area contributed by atoms with Crippen LogP contribution in [0.2, 0.25) is 0 Å². The van der Waals surface area contributed by atoms with Crippen LogP contribution in [0.5, 0.6) is 5.75 Å². The minimum absolute atomic E-state index is 0.0262. The highest BCUT2D eigenvalue weighted by molar-refractivity contribution is 6.05. The Hall–Kier alpha value is -1.75. The summed E-state index contributed by atoms with van der Waals surface area (Å²) in [5, 5.41) is 2.89. The second-order valence-corrected chi connectivity index (χ2v) is 4.13. The predicted molar refractivity (Wildman–Crippen MR) is 63.6 cm³/mol. The van der Waals surface area contributed by atoms with Gasteiger partial charge in [-0.2, -0.15) is 0 Å². The second-order valence-electron chi connectivity index (χ2n) is 4.13. The van der Waals surface area contributed by atoms with Gasteiger partial charge in [-0.1, -0.05) is 6.07 Å². The standard InChI is InChI=1S/C12H14N2O3/c1-16-10-4-2-3-8-11(10)13-12(15)9-7-17-6-5-14(8)9/h2-4,9H,5-7H2,1H3,(H,13,15). The van der Waals surface area contributed by atoms with Gasteiger partial charge in [0.2, 0.25) is 5.91 Å². The predicted octanol–water partition coefficient (Wildman–Crippen LogP) is 0.853. The number of para-hydroxylation sites is 1. The molecule has 1 saturated heterocycles. The molecule has 1 aromatic carbocycles. The van der Waals surface area contributed by atoms with Gasteiger partial charge in [-0.25, -0.2) is 0 Å². The fourth-order valence-corrected chi connectivity index (χ4v) is 2.37. The summed E-state index contributed by atoms with van der Waals surface area (Å²) >= 11 is 0. The number of fused-ring (bicyclic) bond motifs is 3. The molecule has 0 spiro atoms. The van der Waals surface area contributed by atoms with E-state index in [1.165, 1.54) is 0 Å². The third kappa shape index (κ3) is 1.54. The molecule has 1 fully saturated rings. The number of carbonyl (C=O) groups excluding carboxylic acids is 1. The van der Waals surface area contributed by atoms with Gasteiger partial charge in [-0.15, -0.1) is 0 Å². The number of amides is 1.